The highest BCUT2D eigenvalue weighted by molar-refractivity contribution is 7.99. The molecule has 0 atom stereocenters. The molecule has 0 unspecified atom stereocenters. The molecule has 2 rings (SSSR count). The lowest BCUT2D eigenvalue weighted by atomic mass is 10.0. The Bertz CT molecular complexity index is 558. The fourth-order valence-electron chi connectivity index (χ4n) is 2.12. The average molecular weight is 286 g/mol. The molecule has 1 aromatic carbocycles. The van der Waals surface area contributed by atoms with Gasteiger partial charge in [0.25, 0.3) is 0 Å². The van der Waals surface area contributed by atoms with E-state index in [1.165, 1.54) is 21.7 Å². The number of hydrogen-bond donors (Lipinski definition) is 0. The van der Waals surface area contributed by atoms with Crippen LogP contribution in [0.25, 0.3) is 0 Å². The topological polar surface area (TPSA) is 3.88 Å². The van der Waals surface area contributed by atoms with Gasteiger partial charge in [-0.3, -0.25) is 0 Å². The van der Waals surface area contributed by atoms with Gasteiger partial charge in [0.15, 0.2) is 11.9 Å². The standard InChI is InChI=1S/C18H24NS/c1-14(2)17-7-9-18(10-8-17)20-12-11-16-6-5-15(3)19(4)13-16/h5-10,13-14H,11-12H2,1-4H3/q+1. The van der Waals surface area contributed by atoms with Crippen LogP contribution in [0, 0.1) is 6.92 Å². The molecule has 0 radical (unpaired) electrons. The quantitative estimate of drug-likeness (QED) is 0.586. The van der Waals surface area contributed by atoms with Crippen molar-refractivity contribution >= 4 is 11.8 Å². The zero-order valence-corrected chi connectivity index (χ0v) is 13.7. The molecule has 0 bridgehead atoms. The summed E-state index contributed by atoms with van der Waals surface area (Å²) in [5.74, 6) is 1.74. The first kappa shape index (κ1) is 15.1. The minimum atomic E-state index is 0.613. The highest BCUT2D eigenvalue weighted by Crippen LogP contribution is 2.22. The molecule has 2 aromatic rings. The Balaban J connectivity index is 1.87. The Hall–Kier alpha value is -1.28. The molecule has 1 nitrogen and oxygen atoms in total. The first-order valence-corrected chi connectivity index (χ1v) is 8.23. The smallest absolute Gasteiger partial charge is 0.177 e. The lowest BCUT2D eigenvalue weighted by molar-refractivity contribution is -0.678. The van der Waals surface area contributed by atoms with Gasteiger partial charge in [0, 0.05) is 29.2 Å². The summed E-state index contributed by atoms with van der Waals surface area (Å²) >= 11 is 1.94. The summed E-state index contributed by atoms with van der Waals surface area (Å²) in [6.45, 7) is 6.61. The average Bonchev–Trinajstić information content (AvgIpc) is 2.43. The minimum Gasteiger partial charge on any atom is -0.205 e. The van der Waals surface area contributed by atoms with E-state index >= 15 is 0 Å². The van der Waals surface area contributed by atoms with Gasteiger partial charge in [-0.2, -0.15) is 0 Å². The van der Waals surface area contributed by atoms with Gasteiger partial charge in [-0.1, -0.05) is 26.0 Å². The zero-order chi connectivity index (χ0) is 14.5. The van der Waals surface area contributed by atoms with Crippen molar-refractivity contribution in [2.45, 2.75) is 38.0 Å². The zero-order valence-electron chi connectivity index (χ0n) is 12.9. The third-order valence-corrected chi connectivity index (χ3v) is 4.67. The van der Waals surface area contributed by atoms with Gasteiger partial charge in [0.1, 0.15) is 7.05 Å². The van der Waals surface area contributed by atoms with Crippen LogP contribution in [-0.2, 0) is 13.5 Å². The maximum absolute atomic E-state index is 2.25. The number of rotatable bonds is 5. The van der Waals surface area contributed by atoms with Crippen molar-refractivity contribution in [1.82, 2.24) is 0 Å². The molecule has 20 heavy (non-hydrogen) atoms. The Kier molecular flexibility index (Phi) is 5.24. The molecule has 2 heteroatoms. The summed E-state index contributed by atoms with van der Waals surface area (Å²) in [6, 6.07) is 13.4. The summed E-state index contributed by atoms with van der Waals surface area (Å²) in [5, 5.41) is 0. The van der Waals surface area contributed by atoms with Crippen LogP contribution in [-0.4, -0.2) is 5.75 Å². The molecule has 1 heterocycles. The molecule has 106 valence electrons. The van der Waals surface area contributed by atoms with Gasteiger partial charge >= 0.3 is 0 Å². The molecule has 0 fully saturated rings. The Morgan fingerprint density at radius 2 is 1.75 bits per heavy atom. The fraction of sp³-hybridized carbons (Fsp3) is 0.389. The molecule has 0 aliphatic heterocycles. The number of hydrogen-bond acceptors (Lipinski definition) is 1. The third kappa shape index (κ3) is 4.11. The highest BCUT2D eigenvalue weighted by atomic mass is 32.2. The van der Waals surface area contributed by atoms with Crippen LogP contribution < -0.4 is 4.57 Å². The number of aromatic nitrogens is 1. The van der Waals surface area contributed by atoms with E-state index in [-0.39, 0.29) is 0 Å². The minimum absolute atomic E-state index is 0.613. The van der Waals surface area contributed by atoms with Gasteiger partial charge in [0.05, 0.1) is 0 Å². The van der Waals surface area contributed by atoms with E-state index in [9.17, 15) is 0 Å². The van der Waals surface area contributed by atoms with E-state index < -0.39 is 0 Å². The van der Waals surface area contributed by atoms with Gasteiger partial charge in [-0.05, 0) is 36.1 Å². The number of aryl methyl sites for hydroxylation is 3. The van der Waals surface area contributed by atoms with Crippen LogP contribution in [0.1, 0.15) is 36.6 Å². The molecule has 0 N–H and O–H groups in total. The summed E-state index contributed by atoms with van der Waals surface area (Å²) < 4.78 is 2.19. The molecule has 1 aromatic heterocycles. The van der Waals surface area contributed by atoms with Crippen LogP contribution in [0.2, 0.25) is 0 Å². The fourth-order valence-corrected chi connectivity index (χ4v) is 3.02. The monoisotopic (exact) mass is 286 g/mol. The third-order valence-electron chi connectivity index (χ3n) is 3.66. The first-order valence-electron chi connectivity index (χ1n) is 7.24. The van der Waals surface area contributed by atoms with Gasteiger partial charge in [-0.15, -0.1) is 11.8 Å². The van der Waals surface area contributed by atoms with Crippen LogP contribution in [0.3, 0.4) is 0 Å². The van der Waals surface area contributed by atoms with Crippen molar-refractivity contribution in [3.8, 4) is 0 Å². The first-order chi connectivity index (χ1) is 9.56. The number of pyridine rings is 1. The predicted molar refractivity (Wildman–Crippen MR) is 87.3 cm³/mol. The van der Waals surface area contributed by atoms with E-state index in [0.29, 0.717) is 5.92 Å². The number of benzene rings is 1. The van der Waals surface area contributed by atoms with E-state index in [4.69, 9.17) is 0 Å². The van der Waals surface area contributed by atoms with Crippen molar-refractivity contribution in [2.75, 3.05) is 5.75 Å². The van der Waals surface area contributed by atoms with E-state index in [2.05, 4.69) is 75.0 Å². The largest absolute Gasteiger partial charge is 0.205 e. The van der Waals surface area contributed by atoms with Crippen molar-refractivity contribution in [2.24, 2.45) is 7.05 Å². The Morgan fingerprint density at radius 1 is 1.05 bits per heavy atom. The van der Waals surface area contributed by atoms with Crippen LogP contribution in [0.5, 0.6) is 0 Å². The molecule has 0 amide bonds. The van der Waals surface area contributed by atoms with Gasteiger partial charge in [0.2, 0.25) is 0 Å². The SMILES string of the molecule is Cc1ccc(CCSc2ccc(C(C)C)cc2)c[n+]1C. The van der Waals surface area contributed by atoms with Crippen molar-refractivity contribution in [3.05, 3.63) is 59.4 Å². The molecule has 0 aliphatic carbocycles. The van der Waals surface area contributed by atoms with E-state index in [0.717, 1.165) is 12.2 Å². The van der Waals surface area contributed by atoms with Crippen LogP contribution in [0.4, 0.5) is 0 Å². The lowest BCUT2D eigenvalue weighted by Gasteiger charge is -2.06. The second-order valence-electron chi connectivity index (χ2n) is 5.61. The molecule has 0 saturated carbocycles. The predicted octanol–water partition coefficient (Wildman–Crippen LogP) is 4.28. The van der Waals surface area contributed by atoms with Crippen LogP contribution in [0.15, 0.2) is 47.5 Å². The van der Waals surface area contributed by atoms with Gasteiger partial charge in [-0.25, -0.2) is 4.57 Å². The van der Waals surface area contributed by atoms with E-state index in [1.807, 2.05) is 11.8 Å². The molecular formula is C18H24NS+. The van der Waals surface area contributed by atoms with Crippen molar-refractivity contribution in [1.29, 1.82) is 0 Å². The van der Waals surface area contributed by atoms with Gasteiger partial charge < -0.3 is 0 Å². The maximum Gasteiger partial charge on any atom is 0.177 e. The summed E-state index contributed by atoms with van der Waals surface area (Å²) in [6.07, 6.45) is 3.35. The molecular weight excluding hydrogens is 262 g/mol. The van der Waals surface area contributed by atoms with Crippen LogP contribution >= 0.6 is 11.8 Å². The lowest BCUT2D eigenvalue weighted by Crippen LogP contribution is -2.31. The second-order valence-corrected chi connectivity index (χ2v) is 6.78. The molecule has 0 spiro atoms. The summed E-state index contributed by atoms with van der Waals surface area (Å²) in [5.41, 5.74) is 4.12. The van der Waals surface area contributed by atoms with Crippen molar-refractivity contribution in [3.63, 3.8) is 0 Å². The second kappa shape index (κ2) is 6.94. The summed E-state index contributed by atoms with van der Waals surface area (Å²) in [7, 11) is 2.11. The molecule has 0 saturated heterocycles. The van der Waals surface area contributed by atoms with E-state index in [1.54, 1.807) is 0 Å². The highest BCUT2D eigenvalue weighted by Gasteiger charge is 2.04. The number of nitrogens with zero attached hydrogens (tertiary/aromatic N) is 1. The summed E-state index contributed by atoms with van der Waals surface area (Å²) in [4.78, 5) is 1.37. The maximum atomic E-state index is 2.25. The normalized spacial score (nSPS) is 11.1. The van der Waals surface area contributed by atoms with Crippen molar-refractivity contribution < 1.29 is 4.57 Å². The molecule has 0 aliphatic rings. The Labute approximate surface area is 127 Å². The Morgan fingerprint density at radius 3 is 2.35 bits per heavy atom. The number of thioether (sulfide) groups is 1.